The summed E-state index contributed by atoms with van der Waals surface area (Å²) in [6.07, 6.45) is 0. The predicted octanol–water partition coefficient (Wildman–Crippen LogP) is 2.54. The van der Waals surface area contributed by atoms with E-state index in [1.54, 1.807) is 12.1 Å². The first-order chi connectivity index (χ1) is 6.29. The van der Waals surface area contributed by atoms with Crippen molar-refractivity contribution in [3.8, 4) is 0 Å². The zero-order valence-corrected chi connectivity index (χ0v) is 12.6. The molecule has 0 saturated carbocycles. The number of benzene rings is 2. The molecule has 0 radical (unpaired) electrons. The molecule has 82 valence electrons. The molecule has 0 amide bonds. The molecule has 0 aliphatic rings. The van der Waals surface area contributed by atoms with Crippen LogP contribution in [-0.2, 0) is 0 Å². The van der Waals surface area contributed by atoms with E-state index < -0.39 is 5.97 Å². The first-order valence-corrected chi connectivity index (χ1v) is 4.00. The maximum Gasteiger partial charge on any atom is 0.336 e. The number of carboxylic acid groups (broad SMARTS) is 1. The van der Waals surface area contributed by atoms with Crippen molar-refractivity contribution in [1.82, 2.24) is 0 Å². The molecule has 2 rings (SSSR count). The van der Waals surface area contributed by atoms with E-state index in [1.807, 2.05) is 30.3 Å². The van der Waals surface area contributed by atoms with Crippen molar-refractivity contribution in [2.75, 3.05) is 0 Å². The molecular weight excluding hydrogens is 481 g/mol. The van der Waals surface area contributed by atoms with Gasteiger partial charge in [-0.3, -0.25) is 0 Å². The molecule has 0 aromatic heterocycles. The van der Waals surface area contributed by atoms with E-state index in [4.69, 9.17) is 5.11 Å². The summed E-state index contributed by atoms with van der Waals surface area (Å²) in [5.74, 6) is -0.878. The van der Waals surface area contributed by atoms with Gasteiger partial charge in [-0.15, -0.1) is 0 Å². The average molecular weight is 489 g/mol. The van der Waals surface area contributed by atoms with E-state index in [0.717, 1.165) is 10.8 Å². The first kappa shape index (κ1) is 16.0. The van der Waals surface area contributed by atoms with Crippen molar-refractivity contribution in [3.05, 3.63) is 48.0 Å². The molecule has 0 spiro atoms. The number of hydrogen-bond acceptors (Lipinski definition) is 1. The van der Waals surface area contributed by atoms with Gasteiger partial charge in [0, 0.05) is 87.8 Å². The Hall–Kier alpha value is 1.04. The van der Waals surface area contributed by atoms with Crippen LogP contribution in [0.2, 0.25) is 0 Å². The van der Waals surface area contributed by atoms with Gasteiger partial charge in [0.2, 0.25) is 0 Å². The Morgan fingerprint density at radius 3 is 2.27 bits per heavy atom. The fraction of sp³-hybridized carbons (Fsp3) is 0. The van der Waals surface area contributed by atoms with Crippen molar-refractivity contribution >= 4 is 16.7 Å². The number of rotatable bonds is 1. The van der Waals surface area contributed by atoms with Gasteiger partial charge in [-0.2, -0.15) is 0 Å². The van der Waals surface area contributed by atoms with E-state index >= 15 is 0 Å². The summed E-state index contributed by atoms with van der Waals surface area (Å²) >= 11 is 0. The molecule has 0 aliphatic heterocycles. The molecule has 0 unspecified atom stereocenters. The molecule has 2 nitrogen and oxygen atoms in total. The van der Waals surface area contributed by atoms with Gasteiger partial charge in [0.05, 0.1) is 5.56 Å². The number of aromatic carboxylic acids is 1. The predicted molar refractivity (Wildman–Crippen MR) is 50.9 cm³/mol. The van der Waals surface area contributed by atoms with Crippen LogP contribution in [-0.4, -0.2) is 11.1 Å². The van der Waals surface area contributed by atoms with Crippen molar-refractivity contribution in [3.63, 3.8) is 0 Å². The zero-order chi connectivity index (χ0) is 9.26. The van der Waals surface area contributed by atoms with Gasteiger partial charge in [-0.25, -0.2) is 4.79 Å². The minimum Gasteiger partial charge on any atom is -0.478 e. The van der Waals surface area contributed by atoms with E-state index in [-0.39, 0.29) is 87.8 Å². The second-order valence-electron chi connectivity index (χ2n) is 2.83. The Morgan fingerprint density at radius 2 is 1.60 bits per heavy atom. The van der Waals surface area contributed by atoms with E-state index in [0.29, 0.717) is 5.56 Å². The Balaban J connectivity index is 0.000000980. The third kappa shape index (κ3) is 3.77. The zero-order valence-electron chi connectivity index (χ0n) is 7.66. The third-order valence-electron chi connectivity index (χ3n) is 2.02. The van der Waals surface area contributed by atoms with Gasteiger partial charge < -0.3 is 5.11 Å². The molecule has 0 aliphatic carbocycles. The Labute approximate surface area is 159 Å². The average Bonchev–Trinajstić information content (AvgIpc) is 2.17. The molecule has 2 aromatic carbocycles. The minimum atomic E-state index is -0.878. The largest absolute Gasteiger partial charge is 0.478 e. The van der Waals surface area contributed by atoms with Gasteiger partial charge in [-0.05, 0) is 16.8 Å². The molecular formula is C11H8NdO2Yb. The van der Waals surface area contributed by atoms with Gasteiger partial charge >= 0.3 is 5.97 Å². The van der Waals surface area contributed by atoms with Crippen molar-refractivity contribution in [1.29, 1.82) is 0 Å². The quantitative estimate of drug-likeness (QED) is 0.669. The molecule has 15 heavy (non-hydrogen) atoms. The fourth-order valence-corrected chi connectivity index (χ4v) is 1.41. The minimum absolute atomic E-state index is 0. The Morgan fingerprint density at radius 1 is 1.00 bits per heavy atom. The van der Waals surface area contributed by atoms with E-state index in [1.165, 1.54) is 0 Å². The number of carbonyl (C=O) groups is 1. The summed E-state index contributed by atoms with van der Waals surface area (Å²) in [5.41, 5.74) is 0.359. The maximum atomic E-state index is 10.8. The number of hydrogen-bond donors (Lipinski definition) is 1. The summed E-state index contributed by atoms with van der Waals surface area (Å²) < 4.78 is 0. The SMILES string of the molecule is O=C(O)c1cccc2ccccc12.[Nd].[Yb]. The van der Waals surface area contributed by atoms with Crippen LogP contribution in [0.4, 0.5) is 0 Å². The maximum absolute atomic E-state index is 10.8. The summed E-state index contributed by atoms with van der Waals surface area (Å²) in [6.45, 7) is 0. The smallest absolute Gasteiger partial charge is 0.336 e. The molecule has 0 fully saturated rings. The van der Waals surface area contributed by atoms with Crippen LogP contribution >= 0.6 is 0 Å². The topological polar surface area (TPSA) is 37.3 Å². The third-order valence-corrected chi connectivity index (χ3v) is 2.02. The molecule has 0 saturated heterocycles. The standard InChI is InChI=1S/C11H8O2.Nd.Yb/c12-11(13)10-7-3-5-8-4-1-2-6-9(8)10;;/h1-7H,(H,12,13);;. The van der Waals surface area contributed by atoms with Gasteiger partial charge in [-0.1, -0.05) is 36.4 Å². The molecule has 0 atom stereocenters. The normalized spacial score (nSPS) is 8.80. The van der Waals surface area contributed by atoms with Crippen LogP contribution in [0.25, 0.3) is 10.8 Å². The van der Waals surface area contributed by atoms with Crippen LogP contribution in [0.15, 0.2) is 42.5 Å². The van der Waals surface area contributed by atoms with Crippen molar-refractivity contribution < 1.29 is 97.7 Å². The van der Waals surface area contributed by atoms with Crippen LogP contribution in [0.1, 0.15) is 10.4 Å². The molecule has 0 heterocycles. The van der Waals surface area contributed by atoms with E-state index in [2.05, 4.69) is 0 Å². The fourth-order valence-electron chi connectivity index (χ4n) is 1.41. The molecule has 4 heteroatoms. The van der Waals surface area contributed by atoms with Crippen LogP contribution in [0.5, 0.6) is 0 Å². The van der Waals surface area contributed by atoms with Crippen LogP contribution in [0.3, 0.4) is 0 Å². The Bertz CT molecular complexity index is 466. The van der Waals surface area contributed by atoms with Gasteiger partial charge in [0.25, 0.3) is 0 Å². The van der Waals surface area contributed by atoms with E-state index in [9.17, 15) is 4.79 Å². The first-order valence-electron chi connectivity index (χ1n) is 4.00. The summed E-state index contributed by atoms with van der Waals surface area (Å²) in [7, 11) is 0. The van der Waals surface area contributed by atoms with Crippen molar-refractivity contribution in [2.45, 2.75) is 0 Å². The summed E-state index contributed by atoms with van der Waals surface area (Å²) in [4.78, 5) is 10.8. The summed E-state index contributed by atoms with van der Waals surface area (Å²) in [6, 6.07) is 12.7. The second-order valence-corrected chi connectivity index (χ2v) is 2.83. The Kier molecular flexibility index (Phi) is 7.89. The van der Waals surface area contributed by atoms with Crippen LogP contribution in [0, 0.1) is 87.8 Å². The number of carboxylic acids is 1. The van der Waals surface area contributed by atoms with Gasteiger partial charge in [0.15, 0.2) is 0 Å². The van der Waals surface area contributed by atoms with Crippen LogP contribution < -0.4 is 0 Å². The second kappa shape index (κ2) is 7.38. The molecule has 1 N–H and O–H groups in total. The number of fused-ring (bicyclic) bond motifs is 1. The molecule has 2 aromatic rings. The monoisotopic (exact) mass is 488 g/mol. The summed E-state index contributed by atoms with van der Waals surface area (Å²) in [5, 5.41) is 10.6. The van der Waals surface area contributed by atoms with Gasteiger partial charge in [0.1, 0.15) is 0 Å². The van der Waals surface area contributed by atoms with Crippen molar-refractivity contribution in [2.24, 2.45) is 0 Å². The molecule has 0 bridgehead atoms.